The topological polar surface area (TPSA) is 71.0 Å². The van der Waals surface area contributed by atoms with Crippen LogP contribution in [0.4, 0.5) is 0 Å². The van der Waals surface area contributed by atoms with Gasteiger partial charge in [0.05, 0.1) is 26.7 Å². The largest absolute Gasteiger partial charge is 0.497 e. The molecule has 2 aromatic carbocycles. The van der Waals surface area contributed by atoms with Crippen LogP contribution in [-0.2, 0) is 0 Å². The Kier molecular flexibility index (Phi) is 3.13. The van der Waals surface area contributed by atoms with E-state index >= 15 is 0 Å². The molecule has 24 heavy (non-hydrogen) atoms. The Morgan fingerprint density at radius 1 is 0.792 bits per heavy atom. The van der Waals surface area contributed by atoms with Crippen LogP contribution in [0.3, 0.4) is 0 Å². The van der Waals surface area contributed by atoms with Crippen molar-refractivity contribution in [2.45, 2.75) is 0 Å². The molecule has 6 heteroatoms. The second-order valence-corrected chi connectivity index (χ2v) is 5.26. The molecule has 0 amide bonds. The highest BCUT2D eigenvalue weighted by molar-refractivity contribution is 6.05. The number of fused-ring (bicyclic) bond motifs is 4. The summed E-state index contributed by atoms with van der Waals surface area (Å²) in [6.45, 7) is 0. The van der Waals surface area contributed by atoms with Gasteiger partial charge < -0.3 is 23.0 Å². The summed E-state index contributed by atoms with van der Waals surface area (Å²) in [7, 11) is 4.59. The fourth-order valence-corrected chi connectivity index (χ4v) is 2.80. The molecule has 0 aliphatic rings. The maximum atomic E-state index is 12.9. The van der Waals surface area contributed by atoms with Crippen LogP contribution in [0.2, 0.25) is 0 Å². The Morgan fingerprint density at radius 3 is 2.21 bits per heavy atom. The Balaban J connectivity index is 2.18. The van der Waals surface area contributed by atoms with E-state index in [0.717, 1.165) is 0 Å². The third-order valence-electron chi connectivity index (χ3n) is 3.99. The van der Waals surface area contributed by atoms with Crippen molar-refractivity contribution >= 4 is 33.1 Å². The summed E-state index contributed by atoms with van der Waals surface area (Å²) >= 11 is 0. The first kappa shape index (κ1) is 14.4. The lowest BCUT2D eigenvalue weighted by atomic mass is 10.1. The maximum Gasteiger partial charge on any atom is 0.239 e. The second-order valence-electron chi connectivity index (χ2n) is 5.26. The van der Waals surface area contributed by atoms with Crippen LogP contribution < -0.4 is 19.6 Å². The highest BCUT2D eigenvalue weighted by Crippen LogP contribution is 2.35. The minimum absolute atomic E-state index is 0.147. The fourth-order valence-electron chi connectivity index (χ4n) is 2.80. The van der Waals surface area contributed by atoms with Gasteiger partial charge in [-0.15, -0.1) is 0 Å². The van der Waals surface area contributed by atoms with Crippen LogP contribution in [0.1, 0.15) is 0 Å². The SMILES string of the molecule is COc1cc(OC)c2c(=O)c3oc4cc(OC)ccc4c3oc2c1. The molecule has 0 saturated heterocycles. The number of hydrogen-bond donors (Lipinski definition) is 0. The average molecular weight is 326 g/mol. The number of furan rings is 1. The minimum atomic E-state index is -0.291. The van der Waals surface area contributed by atoms with Gasteiger partial charge in [-0.2, -0.15) is 0 Å². The van der Waals surface area contributed by atoms with Crippen molar-refractivity contribution in [3.05, 3.63) is 40.6 Å². The van der Waals surface area contributed by atoms with Crippen LogP contribution >= 0.6 is 0 Å². The zero-order chi connectivity index (χ0) is 16.8. The predicted octanol–water partition coefficient (Wildman–Crippen LogP) is 3.72. The van der Waals surface area contributed by atoms with Crippen molar-refractivity contribution in [3.8, 4) is 17.2 Å². The van der Waals surface area contributed by atoms with Gasteiger partial charge in [-0.25, -0.2) is 0 Å². The Morgan fingerprint density at radius 2 is 1.50 bits per heavy atom. The standard InChI is InChI=1S/C18H14O6/c1-20-9-4-5-11-12(6-9)23-18-16(19)15-13(22-3)7-10(21-2)8-14(15)24-17(11)18/h4-8H,1-3H3. The highest BCUT2D eigenvalue weighted by Gasteiger charge is 2.19. The molecule has 0 fully saturated rings. The first-order valence-corrected chi connectivity index (χ1v) is 7.25. The van der Waals surface area contributed by atoms with E-state index in [4.69, 9.17) is 23.0 Å². The average Bonchev–Trinajstić information content (AvgIpc) is 2.98. The molecule has 0 atom stereocenters. The van der Waals surface area contributed by atoms with E-state index < -0.39 is 0 Å². The van der Waals surface area contributed by atoms with E-state index in [2.05, 4.69) is 0 Å². The van der Waals surface area contributed by atoms with Crippen molar-refractivity contribution in [2.24, 2.45) is 0 Å². The first-order valence-electron chi connectivity index (χ1n) is 7.25. The molecule has 4 aromatic rings. The van der Waals surface area contributed by atoms with Crippen LogP contribution in [-0.4, -0.2) is 21.3 Å². The number of ether oxygens (including phenoxy) is 3. The smallest absolute Gasteiger partial charge is 0.239 e. The van der Waals surface area contributed by atoms with Crippen molar-refractivity contribution in [2.75, 3.05) is 21.3 Å². The van der Waals surface area contributed by atoms with Gasteiger partial charge in [0.15, 0.2) is 5.58 Å². The highest BCUT2D eigenvalue weighted by atomic mass is 16.5. The third kappa shape index (κ3) is 1.93. The zero-order valence-corrected chi connectivity index (χ0v) is 13.3. The molecular weight excluding hydrogens is 312 g/mol. The van der Waals surface area contributed by atoms with Gasteiger partial charge >= 0.3 is 0 Å². The van der Waals surface area contributed by atoms with Crippen molar-refractivity contribution in [1.29, 1.82) is 0 Å². The second kappa shape index (κ2) is 5.19. The molecule has 0 bridgehead atoms. The molecule has 0 N–H and O–H groups in total. The van der Waals surface area contributed by atoms with E-state index in [1.807, 2.05) is 0 Å². The Hall–Kier alpha value is -3.15. The lowest BCUT2D eigenvalue weighted by molar-refractivity contribution is 0.396. The molecule has 4 rings (SSSR count). The molecule has 0 aliphatic heterocycles. The lowest BCUT2D eigenvalue weighted by Crippen LogP contribution is -2.03. The van der Waals surface area contributed by atoms with Gasteiger partial charge in [0, 0.05) is 18.2 Å². The number of benzene rings is 2. The summed E-state index contributed by atoms with van der Waals surface area (Å²) in [6, 6.07) is 8.59. The Labute approximate surface area is 136 Å². The minimum Gasteiger partial charge on any atom is -0.497 e. The van der Waals surface area contributed by atoms with Crippen LogP contribution in [0, 0.1) is 0 Å². The van der Waals surface area contributed by atoms with E-state index in [1.54, 1.807) is 37.4 Å². The molecule has 6 nitrogen and oxygen atoms in total. The fraction of sp³-hybridized carbons (Fsp3) is 0.167. The number of methoxy groups -OCH3 is 3. The molecule has 122 valence electrons. The number of rotatable bonds is 3. The molecular formula is C18H14O6. The van der Waals surface area contributed by atoms with Gasteiger partial charge in [-0.05, 0) is 12.1 Å². The lowest BCUT2D eigenvalue weighted by Gasteiger charge is -2.07. The summed E-state index contributed by atoms with van der Waals surface area (Å²) in [5, 5.41) is 1.02. The summed E-state index contributed by atoms with van der Waals surface area (Å²) in [4.78, 5) is 12.9. The molecule has 0 radical (unpaired) electrons. The molecule has 0 aliphatic carbocycles. The van der Waals surface area contributed by atoms with Crippen LogP contribution in [0.5, 0.6) is 17.2 Å². The van der Waals surface area contributed by atoms with Gasteiger partial charge in [-0.1, -0.05) is 0 Å². The number of hydrogen-bond acceptors (Lipinski definition) is 6. The monoisotopic (exact) mass is 326 g/mol. The van der Waals surface area contributed by atoms with Crippen molar-refractivity contribution in [3.63, 3.8) is 0 Å². The van der Waals surface area contributed by atoms with Gasteiger partial charge in [0.2, 0.25) is 11.0 Å². The molecule has 2 heterocycles. The van der Waals surface area contributed by atoms with Gasteiger partial charge in [-0.3, -0.25) is 4.79 Å². The van der Waals surface area contributed by atoms with Crippen LogP contribution in [0.25, 0.3) is 33.1 Å². The summed E-state index contributed by atoms with van der Waals surface area (Å²) < 4.78 is 27.4. The molecule has 0 saturated carbocycles. The van der Waals surface area contributed by atoms with E-state index in [1.165, 1.54) is 14.2 Å². The summed E-state index contributed by atoms with van der Waals surface area (Å²) in [5.41, 5.74) is 1.14. The molecule has 0 unspecified atom stereocenters. The van der Waals surface area contributed by atoms with Crippen LogP contribution in [0.15, 0.2) is 44.0 Å². The summed E-state index contributed by atoms with van der Waals surface area (Å²) in [6.07, 6.45) is 0. The predicted molar refractivity (Wildman–Crippen MR) is 89.4 cm³/mol. The van der Waals surface area contributed by atoms with Gasteiger partial charge in [0.25, 0.3) is 0 Å². The normalized spacial score (nSPS) is 11.3. The maximum absolute atomic E-state index is 12.9. The van der Waals surface area contributed by atoms with E-state index in [9.17, 15) is 4.79 Å². The quantitative estimate of drug-likeness (QED) is 0.571. The zero-order valence-electron chi connectivity index (χ0n) is 13.3. The van der Waals surface area contributed by atoms with E-state index in [0.29, 0.717) is 44.8 Å². The van der Waals surface area contributed by atoms with E-state index in [-0.39, 0.29) is 11.0 Å². The summed E-state index contributed by atoms with van der Waals surface area (Å²) in [5.74, 6) is 1.55. The molecule has 0 spiro atoms. The molecule has 2 aromatic heterocycles. The van der Waals surface area contributed by atoms with Crippen molar-refractivity contribution in [1.82, 2.24) is 0 Å². The van der Waals surface area contributed by atoms with Crippen molar-refractivity contribution < 1.29 is 23.0 Å². The Bertz CT molecular complexity index is 1140. The van der Waals surface area contributed by atoms with Gasteiger partial charge in [0.1, 0.15) is 33.8 Å². The first-order chi connectivity index (χ1) is 11.7. The third-order valence-corrected chi connectivity index (χ3v) is 3.99.